The van der Waals surface area contributed by atoms with Crippen LogP contribution in [0.1, 0.15) is 107 Å². The minimum absolute atomic E-state index is 0.0176. The second kappa shape index (κ2) is 18.1. The third-order valence-corrected chi connectivity index (χ3v) is 14.9. The van der Waals surface area contributed by atoms with Crippen LogP contribution in [0, 0.1) is 33.6 Å². The lowest BCUT2D eigenvalue weighted by Gasteiger charge is -2.53. The zero-order valence-corrected chi connectivity index (χ0v) is 40.3. The van der Waals surface area contributed by atoms with Crippen LogP contribution in [0.4, 0.5) is 9.59 Å². The van der Waals surface area contributed by atoms with Crippen LogP contribution in [0.5, 0.6) is 17.2 Å². The highest BCUT2D eigenvalue weighted by atomic mass is 32.2. The van der Waals surface area contributed by atoms with Crippen LogP contribution < -0.4 is 35.3 Å². The first kappa shape index (κ1) is 48.4. The van der Waals surface area contributed by atoms with Gasteiger partial charge in [0.2, 0.25) is 11.9 Å². The number of amides is 3. The number of sulfonamides is 1. The molecule has 4 aliphatic rings. The van der Waals surface area contributed by atoms with Crippen molar-refractivity contribution in [2.75, 3.05) is 40.3 Å². The maximum absolute atomic E-state index is 13.6. The monoisotopic (exact) mass is 909 g/mol. The molecule has 0 radical (unpaired) electrons. The standard InChI is InChI=1S/C46H67N7O10S/c1-25-15-18-34(37-35(25)46-19-22-52(11)29(5)31(46)16-17-33(54)39(46)61-37)60-43(57)53(12)23-21-48-40(55)32(50-42(56)63-44(6,7)8)14-13-20-49-41(47)51-64(58,59)38-27(3)26(2)36-30(28(38)4)24-45(9,10)62-36/h15,18,29,31-32,39H,13-14,16-17,19-24H2,1-12H3,(H,48,55)(H,50,56)(H3,47,49,51)/t29-,31?,32+,39+,46+/m1/s1. The highest BCUT2D eigenvalue weighted by molar-refractivity contribution is 7.90. The van der Waals surface area contributed by atoms with E-state index in [1.807, 2.05) is 33.8 Å². The Morgan fingerprint density at radius 3 is 2.48 bits per heavy atom. The van der Waals surface area contributed by atoms with Gasteiger partial charge in [-0.2, -0.15) is 0 Å². The maximum Gasteiger partial charge on any atom is 0.415 e. The Morgan fingerprint density at radius 1 is 1.09 bits per heavy atom. The third kappa shape index (κ3) is 9.63. The van der Waals surface area contributed by atoms with Gasteiger partial charge in [0.15, 0.2) is 23.4 Å². The third-order valence-electron chi connectivity index (χ3n) is 13.3. The van der Waals surface area contributed by atoms with Crippen molar-refractivity contribution < 1.29 is 46.5 Å². The van der Waals surface area contributed by atoms with Gasteiger partial charge in [0.05, 0.1) is 4.90 Å². The van der Waals surface area contributed by atoms with Gasteiger partial charge >= 0.3 is 12.2 Å². The summed E-state index contributed by atoms with van der Waals surface area (Å²) in [6.45, 7) is 19.5. The molecule has 1 unspecified atom stereocenters. The number of aryl methyl sites for hydroxylation is 1. The summed E-state index contributed by atoms with van der Waals surface area (Å²) in [5, 5.41) is 5.39. The number of fused-ring (bicyclic) bond motifs is 2. The number of piperidine rings is 1. The summed E-state index contributed by atoms with van der Waals surface area (Å²) in [6.07, 6.45) is 0.755. The van der Waals surface area contributed by atoms with Gasteiger partial charge in [-0.05, 0) is 143 Å². The zero-order valence-electron chi connectivity index (χ0n) is 39.4. The molecule has 2 aromatic rings. The van der Waals surface area contributed by atoms with E-state index in [1.165, 1.54) is 11.9 Å². The van der Waals surface area contributed by atoms with Crippen LogP contribution in [0.25, 0.3) is 0 Å². The van der Waals surface area contributed by atoms with Crippen molar-refractivity contribution >= 4 is 39.9 Å². The Hall–Kier alpha value is -5.10. The molecule has 1 spiro atoms. The summed E-state index contributed by atoms with van der Waals surface area (Å²) in [5.74, 6) is 0.809. The molecule has 18 heteroatoms. The Labute approximate surface area is 377 Å². The number of ether oxygens (including phenoxy) is 4. The number of nitrogens with one attached hydrogen (secondary N) is 3. The highest BCUT2D eigenvalue weighted by Gasteiger charge is 2.63. The average Bonchev–Trinajstić information content (AvgIpc) is 3.73. The van der Waals surface area contributed by atoms with E-state index in [2.05, 4.69) is 39.2 Å². The fourth-order valence-electron chi connectivity index (χ4n) is 10.0. The minimum Gasteiger partial charge on any atom is -0.487 e. The average molecular weight is 910 g/mol. The van der Waals surface area contributed by atoms with Gasteiger partial charge < -0.3 is 45.1 Å². The van der Waals surface area contributed by atoms with Crippen LogP contribution >= 0.6 is 0 Å². The number of ketones is 1. The van der Waals surface area contributed by atoms with E-state index in [9.17, 15) is 27.6 Å². The van der Waals surface area contributed by atoms with Crippen LogP contribution in [-0.4, -0.2) is 118 Å². The number of aliphatic imine (C=N–C) groups is 1. The van der Waals surface area contributed by atoms with E-state index in [-0.39, 0.29) is 66.8 Å². The van der Waals surface area contributed by atoms with Gasteiger partial charge in [0.25, 0.3) is 10.0 Å². The van der Waals surface area contributed by atoms with Crippen molar-refractivity contribution in [3.8, 4) is 17.2 Å². The number of nitrogens with zero attached hydrogens (tertiary/aromatic N) is 3. The number of nitrogens with two attached hydrogens (primary N) is 1. The fourth-order valence-corrected chi connectivity index (χ4v) is 11.5. The van der Waals surface area contributed by atoms with Crippen LogP contribution in [0.15, 0.2) is 22.0 Å². The number of carbonyl (C=O) groups excluding carboxylic acids is 4. The van der Waals surface area contributed by atoms with Gasteiger partial charge in [-0.3, -0.25) is 14.6 Å². The smallest absolute Gasteiger partial charge is 0.415 e. The molecule has 2 aromatic carbocycles. The van der Waals surface area contributed by atoms with Crippen LogP contribution in [0.3, 0.4) is 0 Å². The predicted octanol–water partition coefficient (Wildman–Crippen LogP) is 4.85. The summed E-state index contributed by atoms with van der Waals surface area (Å²) in [7, 11) is -0.469. The first-order valence-electron chi connectivity index (χ1n) is 22.2. The molecular weight excluding hydrogens is 843 g/mol. The number of guanidine groups is 1. The number of hydrogen-bond acceptors (Lipinski definition) is 12. The van der Waals surface area contributed by atoms with E-state index in [4.69, 9.17) is 24.7 Å². The Morgan fingerprint density at radius 2 is 1.80 bits per heavy atom. The van der Waals surface area contributed by atoms with Gasteiger partial charge in [0, 0.05) is 62.1 Å². The number of likely N-dealkylation sites (N-methyl/N-ethyl adjacent to an activating group) is 1. The minimum atomic E-state index is -4.12. The molecule has 5 atom stereocenters. The van der Waals surface area contributed by atoms with Crippen molar-refractivity contribution in [2.45, 2.75) is 147 Å². The van der Waals surface area contributed by atoms with Crippen molar-refractivity contribution in [2.24, 2.45) is 16.6 Å². The Bertz CT molecular complexity index is 2340. The highest BCUT2D eigenvalue weighted by Crippen LogP contribution is 2.60. The van der Waals surface area contributed by atoms with E-state index < -0.39 is 56.9 Å². The Kier molecular flexibility index (Phi) is 13.6. The van der Waals surface area contributed by atoms with Gasteiger partial charge in [0.1, 0.15) is 23.0 Å². The molecule has 5 N–H and O–H groups in total. The molecule has 17 nitrogen and oxygen atoms in total. The summed E-state index contributed by atoms with van der Waals surface area (Å²) in [5.41, 5.74) is 8.98. The van der Waals surface area contributed by atoms with E-state index >= 15 is 0 Å². The van der Waals surface area contributed by atoms with Crippen molar-refractivity contribution in [3.05, 3.63) is 45.5 Å². The van der Waals surface area contributed by atoms with Crippen molar-refractivity contribution in [1.29, 1.82) is 0 Å². The largest absolute Gasteiger partial charge is 0.487 e. The van der Waals surface area contributed by atoms with E-state index in [1.54, 1.807) is 40.7 Å². The molecule has 3 heterocycles. The summed E-state index contributed by atoms with van der Waals surface area (Å²) >= 11 is 0. The zero-order chi connectivity index (χ0) is 47.3. The first-order chi connectivity index (χ1) is 29.8. The second-order valence-corrected chi connectivity index (χ2v) is 21.2. The molecular formula is C46H67N7O10S. The molecule has 3 aliphatic heterocycles. The van der Waals surface area contributed by atoms with Crippen LogP contribution in [-0.2, 0) is 36.2 Å². The molecule has 0 aromatic heterocycles. The van der Waals surface area contributed by atoms with Gasteiger partial charge in [-0.15, -0.1) is 0 Å². The SMILES string of the molecule is Cc1ccc(OC(=O)N(C)CCNC(=O)[C@H](CCCN=C(N)NS(=O)(=O)c2c(C)c(C)c3c(c2C)CC(C)(C)O3)NC(=O)OC(C)(C)C)c2c1[C@]13CCN(C)[C@H](C)C1CCC(=O)[C@@H]3O2. The molecule has 1 saturated carbocycles. The Balaban J connectivity index is 1.06. The molecule has 6 rings (SSSR count). The topological polar surface area (TPSA) is 220 Å². The number of rotatable bonds is 12. The number of carbonyl (C=O) groups is 4. The van der Waals surface area contributed by atoms with Crippen molar-refractivity contribution in [3.63, 3.8) is 0 Å². The number of Topliss-reactive ketones (excluding diaryl/α,β-unsaturated/α-hetero) is 1. The maximum atomic E-state index is 13.6. The van der Waals surface area contributed by atoms with Gasteiger partial charge in [-0.25, -0.2) is 22.7 Å². The molecule has 352 valence electrons. The first-order valence-corrected chi connectivity index (χ1v) is 23.6. The van der Waals surface area contributed by atoms with E-state index in [0.29, 0.717) is 35.5 Å². The molecule has 0 bridgehead atoms. The predicted molar refractivity (Wildman–Crippen MR) is 242 cm³/mol. The normalized spacial score (nSPS) is 23.0. The summed E-state index contributed by atoms with van der Waals surface area (Å²) < 4.78 is 53.6. The molecule has 1 saturated heterocycles. The number of hydrogen-bond donors (Lipinski definition) is 4. The quantitative estimate of drug-likeness (QED) is 0.128. The lowest BCUT2D eigenvalue weighted by Crippen LogP contribution is -2.62. The number of benzene rings is 2. The molecule has 64 heavy (non-hydrogen) atoms. The second-order valence-electron chi connectivity index (χ2n) is 19.6. The lowest BCUT2D eigenvalue weighted by molar-refractivity contribution is -0.137. The number of likely N-dealkylation sites (tertiary alicyclic amines) is 1. The molecule has 1 aliphatic carbocycles. The van der Waals surface area contributed by atoms with Crippen LogP contribution in [0.2, 0.25) is 0 Å². The van der Waals surface area contributed by atoms with Crippen molar-refractivity contribution in [1.82, 2.24) is 25.2 Å². The van der Waals surface area contributed by atoms with E-state index in [0.717, 1.165) is 41.6 Å². The van der Waals surface area contributed by atoms with Gasteiger partial charge in [-0.1, -0.05) is 6.07 Å². The number of alkyl carbamates (subject to hydrolysis) is 1. The summed E-state index contributed by atoms with van der Waals surface area (Å²) in [6, 6.07) is 2.79. The molecule has 2 fully saturated rings. The molecule has 3 amide bonds. The fraction of sp³-hybridized carbons (Fsp3) is 0.630. The lowest BCUT2D eigenvalue weighted by atomic mass is 9.55. The summed E-state index contributed by atoms with van der Waals surface area (Å²) in [4.78, 5) is 61.2.